The molecule has 0 atom stereocenters. The van der Waals surface area contributed by atoms with E-state index in [1.165, 1.54) is 0 Å². The van der Waals surface area contributed by atoms with Crippen molar-refractivity contribution in [2.24, 2.45) is 0 Å². The minimum Gasteiger partial charge on any atom is -0.493 e. The van der Waals surface area contributed by atoms with Crippen LogP contribution >= 0.6 is 11.3 Å². The molecule has 6 nitrogen and oxygen atoms in total. The molecule has 0 radical (unpaired) electrons. The molecule has 1 aliphatic heterocycles. The maximum atomic E-state index is 12.5. The molecular formula is C21H23N3O3S. The fourth-order valence-corrected chi connectivity index (χ4v) is 4.28. The fourth-order valence-electron chi connectivity index (χ4n) is 3.45. The second-order valence-corrected chi connectivity index (χ2v) is 7.74. The van der Waals surface area contributed by atoms with E-state index < -0.39 is 0 Å². The Morgan fingerprint density at radius 3 is 2.71 bits per heavy atom. The van der Waals surface area contributed by atoms with E-state index in [1.54, 1.807) is 25.6 Å². The highest BCUT2D eigenvalue weighted by Gasteiger charge is 2.21. The van der Waals surface area contributed by atoms with Gasteiger partial charge in [-0.3, -0.25) is 4.79 Å². The second-order valence-electron chi connectivity index (χ2n) is 6.79. The lowest BCUT2D eigenvalue weighted by Gasteiger charge is -2.13. The summed E-state index contributed by atoms with van der Waals surface area (Å²) in [4.78, 5) is 22.3. The van der Waals surface area contributed by atoms with E-state index >= 15 is 0 Å². The van der Waals surface area contributed by atoms with Crippen LogP contribution in [-0.4, -0.2) is 48.1 Å². The van der Waals surface area contributed by atoms with E-state index in [9.17, 15) is 4.79 Å². The van der Waals surface area contributed by atoms with Crippen molar-refractivity contribution in [1.29, 1.82) is 0 Å². The lowest BCUT2D eigenvalue weighted by molar-refractivity contribution is 0.0788. The predicted molar refractivity (Wildman–Crippen MR) is 109 cm³/mol. The number of likely N-dealkylation sites (tertiary alicyclic amines) is 1. The van der Waals surface area contributed by atoms with E-state index in [0.29, 0.717) is 17.2 Å². The Balaban J connectivity index is 1.48. The van der Waals surface area contributed by atoms with Gasteiger partial charge in [0.25, 0.3) is 5.91 Å². The first-order valence-electron chi connectivity index (χ1n) is 9.31. The minimum absolute atomic E-state index is 0.0736. The van der Waals surface area contributed by atoms with Crippen LogP contribution in [0.15, 0.2) is 35.8 Å². The Labute approximate surface area is 168 Å². The lowest BCUT2D eigenvalue weighted by atomic mass is 10.1. The van der Waals surface area contributed by atoms with Crippen molar-refractivity contribution in [2.45, 2.75) is 19.3 Å². The maximum absolute atomic E-state index is 12.5. The summed E-state index contributed by atoms with van der Waals surface area (Å²) in [5.41, 5.74) is 3.57. The van der Waals surface area contributed by atoms with Crippen LogP contribution in [0.4, 0.5) is 0 Å². The molecule has 3 aromatic rings. The van der Waals surface area contributed by atoms with Gasteiger partial charge in [-0.1, -0.05) is 6.07 Å². The monoisotopic (exact) mass is 397 g/mol. The highest BCUT2D eigenvalue weighted by atomic mass is 32.1. The Kier molecular flexibility index (Phi) is 5.34. The van der Waals surface area contributed by atoms with Crippen LogP contribution in [0.2, 0.25) is 0 Å². The van der Waals surface area contributed by atoms with Crippen LogP contribution in [0.3, 0.4) is 0 Å². The summed E-state index contributed by atoms with van der Waals surface area (Å²) in [6, 6.07) is 7.80. The van der Waals surface area contributed by atoms with Crippen molar-refractivity contribution in [3.63, 3.8) is 0 Å². The standard InChI is InChI=1S/C21H23N3O3S/c1-26-18-6-5-14(9-19(18)27-2)10-20-23-17(13-28-20)15-11-16(22-12-15)21(25)24-7-3-4-8-24/h5-6,9,11-13,22H,3-4,7-8,10H2,1-2H3. The normalized spacial score (nSPS) is 13.7. The Bertz CT molecular complexity index is 973. The van der Waals surface area contributed by atoms with Crippen molar-refractivity contribution >= 4 is 17.2 Å². The summed E-state index contributed by atoms with van der Waals surface area (Å²) < 4.78 is 10.7. The largest absolute Gasteiger partial charge is 0.493 e. The van der Waals surface area contributed by atoms with Gasteiger partial charge in [0.2, 0.25) is 0 Å². The molecule has 146 valence electrons. The first kappa shape index (κ1) is 18.6. The van der Waals surface area contributed by atoms with Crippen molar-refractivity contribution in [1.82, 2.24) is 14.9 Å². The van der Waals surface area contributed by atoms with Crippen molar-refractivity contribution < 1.29 is 14.3 Å². The SMILES string of the molecule is COc1ccc(Cc2nc(-c3c[nH]c(C(=O)N4CCCC4)c3)cs2)cc1OC. The number of carbonyl (C=O) groups is 1. The molecule has 28 heavy (non-hydrogen) atoms. The van der Waals surface area contributed by atoms with Gasteiger partial charge in [0, 0.05) is 36.7 Å². The average Bonchev–Trinajstić information content (AvgIpc) is 3.48. The number of nitrogens with zero attached hydrogens (tertiary/aromatic N) is 2. The first-order valence-corrected chi connectivity index (χ1v) is 10.2. The number of amides is 1. The van der Waals surface area contributed by atoms with Crippen LogP contribution in [0, 0.1) is 0 Å². The molecule has 1 aromatic carbocycles. The quantitative estimate of drug-likeness (QED) is 0.683. The van der Waals surface area contributed by atoms with Crippen LogP contribution in [-0.2, 0) is 6.42 Å². The molecule has 0 spiro atoms. The Hall–Kier alpha value is -2.80. The highest BCUT2D eigenvalue weighted by Crippen LogP contribution is 2.30. The summed E-state index contributed by atoms with van der Waals surface area (Å²) in [5, 5.41) is 3.04. The topological polar surface area (TPSA) is 67.5 Å². The Morgan fingerprint density at radius 2 is 1.96 bits per heavy atom. The van der Waals surface area contributed by atoms with Crippen LogP contribution in [0.1, 0.15) is 33.9 Å². The van der Waals surface area contributed by atoms with E-state index in [0.717, 1.165) is 54.2 Å². The highest BCUT2D eigenvalue weighted by molar-refractivity contribution is 7.10. The zero-order valence-corrected chi connectivity index (χ0v) is 16.8. The molecule has 0 saturated carbocycles. The van der Waals surface area contributed by atoms with Crippen molar-refractivity contribution in [3.05, 3.63) is 52.1 Å². The number of benzene rings is 1. The number of rotatable bonds is 6. The molecule has 1 aliphatic rings. The van der Waals surface area contributed by atoms with Crippen LogP contribution in [0.25, 0.3) is 11.3 Å². The number of carbonyl (C=O) groups excluding carboxylic acids is 1. The molecule has 0 aliphatic carbocycles. The Morgan fingerprint density at radius 1 is 1.18 bits per heavy atom. The molecule has 1 saturated heterocycles. The summed E-state index contributed by atoms with van der Waals surface area (Å²) >= 11 is 1.61. The molecule has 0 unspecified atom stereocenters. The number of methoxy groups -OCH3 is 2. The van der Waals surface area contributed by atoms with Crippen molar-refractivity contribution in [3.8, 4) is 22.8 Å². The first-order chi connectivity index (χ1) is 13.7. The van der Waals surface area contributed by atoms with Gasteiger partial charge in [-0.2, -0.15) is 0 Å². The van der Waals surface area contributed by atoms with E-state index in [-0.39, 0.29) is 5.91 Å². The molecule has 4 rings (SSSR count). The molecule has 3 heterocycles. The number of hydrogen-bond donors (Lipinski definition) is 1. The van der Waals surface area contributed by atoms with Crippen LogP contribution < -0.4 is 9.47 Å². The summed E-state index contributed by atoms with van der Waals surface area (Å²) in [7, 11) is 3.26. The number of aromatic amines is 1. The van der Waals surface area contributed by atoms with Gasteiger partial charge >= 0.3 is 0 Å². The smallest absolute Gasteiger partial charge is 0.270 e. The third-order valence-electron chi connectivity index (χ3n) is 4.96. The third kappa shape index (κ3) is 3.75. The zero-order valence-electron chi connectivity index (χ0n) is 16.0. The van der Waals surface area contributed by atoms with Gasteiger partial charge in [-0.05, 0) is 36.6 Å². The summed E-state index contributed by atoms with van der Waals surface area (Å²) in [6.07, 6.45) is 4.75. The summed E-state index contributed by atoms with van der Waals surface area (Å²) in [5.74, 6) is 1.51. The van der Waals surface area contributed by atoms with Gasteiger partial charge in [0.1, 0.15) is 5.69 Å². The predicted octanol–water partition coefficient (Wildman–Crippen LogP) is 3.98. The number of thiazole rings is 1. The molecule has 1 amide bonds. The van der Waals surface area contributed by atoms with Gasteiger partial charge in [-0.25, -0.2) is 4.98 Å². The molecule has 0 bridgehead atoms. The molecule has 1 fully saturated rings. The number of H-pyrrole nitrogens is 1. The van der Waals surface area contributed by atoms with Crippen LogP contribution in [0.5, 0.6) is 11.5 Å². The number of ether oxygens (including phenoxy) is 2. The van der Waals surface area contributed by atoms with Gasteiger partial charge in [-0.15, -0.1) is 11.3 Å². The molecule has 7 heteroatoms. The molecular weight excluding hydrogens is 374 g/mol. The van der Waals surface area contributed by atoms with Crippen molar-refractivity contribution in [2.75, 3.05) is 27.3 Å². The maximum Gasteiger partial charge on any atom is 0.270 e. The molecule has 2 aromatic heterocycles. The average molecular weight is 398 g/mol. The fraction of sp³-hybridized carbons (Fsp3) is 0.333. The molecule has 1 N–H and O–H groups in total. The number of hydrogen-bond acceptors (Lipinski definition) is 5. The number of aromatic nitrogens is 2. The second kappa shape index (κ2) is 8.06. The lowest BCUT2D eigenvalue weighted by Crippen LogP contribution is -2.27. The van der Waals surface area contributed by atoms with Gasteiger partial charge < -0.3 is 19.4 Å². The van der Waals surface area contributed by atoms with E-state index in [1.807, 2.05) is 40.7 Å². The zero-order chi connectivity index (χ0) is 19.5. The minimum atomic E-state index is 0.0736. The van der Waals surface area contributed by atoms with Gasteiger partial charge in [0.15, 0.2) is 11.5 Å². The summed E-state index contributed by atoms with van der Waals surface area (Å²) in [6.45, 7) is 1.69. The van der Waals surface area contributed by atoms with E-state index in [4.69, 9.17) is 14.5 Å². The number of nitrogens with one attached hydrogen (secondary N) is 1. The van der Waals surface area contributed by atoms with Gasteiger partial charge in [0.05, 0.1) is 24.9 Å². The third-order valence-corrected chi connectivity index (χ3v) is 5.81. The van der Waals surface area contributed by atoms with E-state index in [2.05, 4.69) is 4.98 Å².